The molecule has 1 spiro atoms. The van der Waals surface area contributed by atoms with Crippen LogP contribution in [0.15, 0.2) is 24.3 Å². The molecule has 4 saturated heterocycles. The van der Waals surface area contributed by atoms with Gasteiger partial charge in [0.1, 0.15) is 6.10 Å². The molecule has 1 aromatic carbocycles. The lowest BCUT2D eigenvalue weighted by Gasteiger charge is -2.49. The lowest BCUT2D eigenvalue weighted by atomic mass is 9.69. The number of rotatable bonds is 5. The maximum Gasteiger partial charge on any atom is 0.410 e. The van der Waals surface area contributed by atoms with E-state index in [4.69, 9.17) is 9.47 Å². The van der Waals surface area contributed by atoms with Crippen molar-refractivity contribution in [2.45, 2.75) is 88.4 Å². The SMILES string of the molecule is CCCS(=O)(=O)N1Cc2ccccc2C2(CCN(C3CC4CCC(C3)N(C(=O)O[C@@H]3CCOC3)C4)CC2)C1. The smallest absolute Gasteiger partial charge is 0.410 e. The summed E-state index contributed by atoms with van der Waals surface area (Å²) in [7, 11) is -3.26. The molecule has 6 aliphatic rings. The highest BCUT2D eigenvalue weighted by Gasteiger charge is 2.47. The number of hydrogen-bond donors (Lipinski definition) is 0. The Labute approximate surface area is 227 Å². The molecule has 4 atom stereocenters. The molecule has 5 heterocycles. The molecule has 1 aliphatic carbocycles. The van der Waals surface area contributed by atoms with Gasteiger partial charge in [-0.15, -0.1) is 0 Å². The van der Waals surface area contributed by atoms with E-state index in [9.17, 15) is 13.2 Å². The molecular formula is C29H43N3O5S. The van der Waals surface area contributed by atoms with E-state index in [0.29, 0.717) is 44.7 Å². The minimum absolute atomic E-state index is 0.0996. The number of ether oxygens (including phenoxy) is 2. The number of piperidine rings is 2. The number of carbonyl (C=O) groups is 1. The summed E-state index contributed by atoms with van der Waals surface area (Å²) in [6.07, 6.45) is 7.53. The van der Waals surface area contributed by atoms with Crippen molar-refractivity contribution in [3.05, 3.63) is 35.4 Å². The van der Waals surface area contributed by atoms with Crippen molar-refractivity contribution in [3.63, 3.8) is 0 Å². The van der Waals surface area contributed by atoms with Gasteiger partial charge in [-0.3, -0.25) is 0 Å². The first-order valence-corrected chi connectivity index (χ1v) is 16.3. The van der Waals surface area contributed by atoms with Crippen molar-refractivity contribution < 1.29 is 22.7 Å². The summed E-state index contributed by atoms with van der Waals surface area (Å²) in [6.45, 7) is 6.99. The predicted octanol–water partition coefficient (Wildman–Crippen LogP) is 3.74. The standard InChI is InChI=1S/C29H43N3O5S/c1-2-15-38(34,35)31-19-23-5-3-4-6-27(23)29(21-31)10-12-30(13-11-29)25-16-22-7-8-24(17-25)32(18-22)28(33)37-26-9-14-36-20-26/h3-6,22,24-26H,2,7-21H2,1H3/t22?,24?,25?,26-/m1/s1. The van der Waals surface area contributed by atoms with Gasteiger partial charge in [-0.1, -0.05) is 31.2 Å². The van der Waals surface area contributed by atoms with Crippen LogP contribution < -0.4 is 0 Å². The Morgan fingerprint density at radius 3 is 2.68 bits per heavy atom. The molecular weight excluding hydrogens is 502 g/mol. The number of sulfonamides is 1. The molecule has 1 aromatic rings. The average molecular weight is 546 g/mol. The van der Waals surface area contributed by atoms with E-state index in [1.54, 1.807) is 4.31 Å². The number of amides is 1. The predicted molar refractivity (Wildman–Crippen MR) is 145 cm³/mol. The van der Waals surface area contributed by atoms with Crippen LogP contribution in [-0.2, 0) is 31.5 Å². The molecule has 9 heteroatoms. The molecule has 0 aromatic heterocycles. The van der Waals surface area contributed by atoms with E-state index < -0.39 is 10.0 Å². The fourth-order valence-electron chi connectivity index (χ4n) is 7.85. The van der Waals surface area contributed by atoms with Gasteiger partial charge in [0, 0.05) is 43.6 Å². The van der Waals surface area contributed by atoms with Gasteiger partial charge in [-0.2, -0.15) is 4.31 Å². The van der Waals surface area contributed by atoms with Crippen molar-refractivity contribution in [1.82, 2.24) is 14.1 Å². The topological polar surface area (TPSA) is 79.4 Å². The van der Waals surface area contributed by atoms with Crippen LogP contribution in [0.1, 0.15) is 69.4 Å². The van der Waals surface area contributed by atoms with Crippen molar-refractivity contribution >= 4 is 16.1 Å². The zero-order valence-electron chi connectivity index (χ0n) is 22.7. The molecule has 8 nitrogen and oxygen atoms in total. The molecule has 5 aliphatic heterocycles. The van der Waals surface area contributed by atoms with E-state index in [0.717, 1.165) is 58.2 Å². The lowest BCUT2D eigenvalue weighted by Crippen LogP contribution is -2.55. The van der Waals surface area contributed by atoms with E-state index in [2.05, 4.69) is 23.1 Å². The molecule has 5 fully saturated rings. The number of benzene rings is 1. The Morgan fingerprint density at radius 1 is 1.11 bits per heavy atom. The first kappa shape index (κ1) is 26.5. The molecule has 2 bridgehead atoms. The lowest BCUT2D eigenvalue weighted by molar-refractivity contribution is 0.0305. The third-order valence-electron chi connectivity index (χ3n) is 9.88. The number of carbonyl (C=O) groups excluding carboxylic acids is 1. The maximum absolute atomic E-state index is 13.1. The summed E-state index contributed by atoms with van der Waals surface area (Å²) in [6, 6.07) is 9.21. The highest BCUT2D eigenvalue weighted by atomic mass is 32.2. The second-order valence-corrected chi connectivity index (χ2v) is 14.4. The van der Waals surface area contributed by atoms with Crippen LogP contribution in [0.25, 0.3) is 0 Å². The van der Waals surface area contributed by atoms with E-state index >= 15 is 0 Å². The minimum atomic E-state index is -3.26. The number of fused-ring (bicyclic) bond motifs is 6. The van der Waals surface area contributed by atoms with Gasteiger partial charge in [0.25, 0.3) is 0 Å². The van der Waals surface area contributed by atoms with Gasteiger partial charge in [-0.05, 0) is 75.1 Å². The largest absolute Gasteiger partial charge is 0.444 e. The third-order valence-corrected chi connectivity index (χ3v) is 11.9. The van der Waals surface area contributed by atoms with Crippen molar-refractivity contribution in [1.29, 1.82) is 0 Å². The zero-order chi connectivity index (χ0) is 26.3. The van der Waals surface area contributed by atoms with Crippen molar-refractivity contribution in [2.24, 2.45) is 5.92 Å². The molecule has 38 heavy (non-hydrogen) atoms. The summed E-state index contributed by atoms with van der Waals surface area (Å²) >= 11 is 0. The van der Waals surface area contributed by atoms with E-state index in [1.165, 1.54) is 17.5 Å². The molecule has 0 radical (unpaired) electrons. The summed E-state index contributed by atoms with van der Waals surface area (Å²) in [4.78, 5) is 17.7. The van der Waals surface area contributed by atoms with Crippen LogP contribution in [0.4, 0.5) is 4.79 Å². The second-order valence-electron chi connectivity index (χ2n) is 12.3. The summed E-state index contributed by atoms with van der Waals surface area (Å²) < 4.78 is 39.2. The Hall–Kier alpha value is -1.68. The van der Waals surface area contributed by atoms with Crippen molar-refractivity contribution in [3.8, 4) is 0 Å². The molecule has 1 saturated carbocycles. The second kappa shape index (κ2) is 10.7. The molecule has 210 valence electrons. The van der Waals surface area contributed by atoms with Crippen LogP contribution >= 0.6 is 0 Å². The summed E-state index contributed by atoms with van der Waals surface area (Å²) in [5.41, 5.74) is 2.41. The molecule has 3 unspecified atom stereocenters. The Bertz CT molecular complexity index is 1110. The third kappa shape index (κ3) is 5.11. The van der Waals surface area contributed by atoms with Gasteiger partial charge in [0.2, 0.25) is 10.0 Å². The fourth-order valence-corrected chi connectivity index (χ4v) is 9.40. The average Bonchev–Trinajstić information content (AvgIpc) is 3.25. The summed E-state index contributed by atoms with van der Waals surface area (Å²) in [5, 5.41) is 0. The van der Waals surface area contributed by atoms with Gasteiger partial charge in [0.15, 0.2) is 0 Å². The van der Waals surface area contributed by atoms with Crippen LogP contribution in [0, 0.1) is 5.92 Å². The number of likely N-dealkylation sites (tertiary alicyclic amines) is 1. The van der Waals surface area contributed by atoms with Crippen LogP contribution in [0.3, 0.4) is 0 Å². The Kier molecular flexibility index (Phi) is 7.48. The van der Waals surface area contributed by atoms with Gasteiger partial charge in [-0.25, -0.2) is 13.2 Å². The minimum Gasteiger partial charge on any atom is -0.444 e. The molecule has 7 rings (SSSR count). The normalized spacial score (nSPS) is 31.8. The number of hydrogen-bond acceptors (Lipinski definition) is 6. The van der Waals surface area contributed by atoms with E-state index in [-0.39, 0.29) is 29.4 Å². The molecule has 0 N–H and O–H groups in total. The highest BCUT2D eigenvalue weighted by Crippen LogP contribution is 2.44. The molecule has 1 amide bonds. The summed E-state index contributed by atoms with van der Waals surface area (Å²) in [5.74, 6) is 0.738. The van der Waals surface area contributed by atoms with Gasteiger partial charge < -0.3 is 19.3 Å². The monoisotopic (exact) mass is 545 g/mol. The first-order chi connectivity index (χ1) is 18.4. The van der Waals surface area contributed by atoms with Gasteiger partial charge >= 0.3 is 6.09 Å². The Morgan fingerprint density at radius 2 is 1.92 bits per heavy atom. The highest BCUT2D eigenvalue weighted by molar-refractivity contribution is 7.89. The van der Waals surface area contributed by atoms with E-state index in [1.807, 2.05) is 17.9 Å². The van der Waals surface area contributed by atoms with Crippen molar-refractivity contribution in [2.75, 3.05) is 45.1 Å². The zero-order valence-corrected chi connectivity index (χ0v) is 23.5. The maximum atomic E-state index is 13.1. The fraction of sp³-hybridized carbons (Fsp3) is 0.759. The number of nitrogens with zero attached hydrogens (tertiary/aromatic N) is 3. The van der Waals surface area contributed by atoms with Crippen LogP contribution in [0.5, 0.6) is 0 Å². The van der Waals surface area contributed by atoms with Crippen LogP contribution in [-0.4, -0.2) is 91.9 Å². The first-order valence-electron chi connectivity index (χ1n) is 14.7. The van der Waals surface area contributed by atoms with Gasteiger partial charge in [0.05, 0.1) is 19.0 Å². The Balaban J connectivity index is 1.14. The van der Waals surface area contributed by atoms with Crippen LogP contribution in [0.2, 0.25) is 0 Å². The quantitative estimate of drug-likeness (QED) is 0.561.